The van der Waals surface area contributed by atoms with Crippen LogP contribution in [0.15, 0.2) is 36.4 Å². The summed E-state index contributed by atoms with van der Waals surface area (Å²) >= 11 is 0. The lowest BCUT2D eigenvalue weighted by atomic mass is 10.0. The molecule has 0 amide bonds. The summed E-state index contributed by atoms with van der Waals surface area (Å²) in [5.41, 5.74) is 2.24. The second-order valence-corrected chi connectivity index (χ2v) is 6.13. The summed E-state index contributed by atoms with van der Waals surface area (Å²) in [6, 6.07) is 11.6. The molecule has 1 fully saturated rings. The number of hydrogen-bond donors (Lipinski definition) is 2. The predicted octanol–water partition coefficient (Wildman–Crippen LogP) is 3.41. The Bertz CT molecular complexity index is 796. The summed E-state index contributed by atoms with van der Waals surface area (Å²) in [7, 11) is 0. The lowest BCUT2D eigenvalue weighted by molar-refractivity contribution is 0.145. The van der Waals surface area contributed by atoms with Crippen molar-refractivity contribution in [2.75, 3.05) is 23.3 Å². The molecule has 1 aliphatic rings. The van der Waals surface area contributed by atoms with Crippen LogP contribution in [0.1, 0.15) is 24.0 Å². The minimum absolute atomic E-state index is 0.129. The highest BCUT2D eigenvalue weighted by Crippen LogP contribution is 2.27. The Balaban J connectivity index is 1.73. The number of rotatable bonds is 4. The standard InChI is InChI=1S/C19H19F2N3O/c20-17-3-1-2-13(19(17)21)12-23-15-4-5-18(14(10-15)11-22)24-8-6-16(25)7-9-24/h1-5,10,16,23,25H,6-9,12H2. The van der Waals surface area contributed by atoms with E-state index in [4.69, 9.17) is 0 Å². The number of anilines is 2. The third-order valence-electron chi connectivity index (χ3n) is 4.44. The van der Waals surface area contributed by atoms with Gasteiger partial charge in [-0.1, -0.05) is 12.1 Å². The summed E-state index contributed by atoms with van der Waals surface area (Å²) in [5.74, 6) is -1.74. The predicted molar refractivity (Wildman–Crippen MR) is 92.3 cm³/mol. The van der Waals surface area contributed by atoms with Crippen LogP contribution in [0, 0.1) is 23.0 Å². The summed E-state index contributed by atoms with van der Waals surface area (Å²) in [6.07, 6.45) is 1.09. The van der Waals surface area contributed by atoms with E-state index in [2.05, 4.69) is 16.3 Å². The molecule has 0 saturated carbocycles. The molecule has 2 N–H and O–H groups in total. The minimum atomic E-state index is -0.875. The fourth-order valence-electron chi connectivity index (χ4n) is 3.00. The molecule has 130 valence electrons. The minimum Gasteiger partial charge on any atom is -0.393 e. The van der Waals surface area contributed by atoms with Gasteiger partial charge in [-0.15, -0.1) is 0 Å². The van der Waals surface area contributed by atoms with Crippen molar-refractivity contribution in [1.29, 1.82) is 5.26 Å². The first-order chi connectivity index (χ1) is 12.1. The molecular weight excluding hydrogens is 324 g/mol. The maximum Gasteiger partial charge on any atom is 0.163 e. The van der Waals surface area contributed by atoms with Crippen LogP contribution in [0.2, 0.25) is 0 Å². The molecule has 0 unspecified atom stereocenters. The second-order valence-electron chi connectivity index (χ2n) is 6.13. The average molecular weight is 343 g/mol. The van der Waals surface area contributed by atoms with Crippen LogP contribution in [0.5, 0.6) is 0 Å². The van der Waals surface area contributed by atoms with Gasteiger partial charge < -0.3 is 15.3 Å². The van der Waals surface area contributed by atoms with Crippen LogP contribution >= 0.6 is 0 Å². The van der Waals surface area contributed by atoms with Gasteiger partial charge >= 0.3 is 0 Å². The molecule has 1 heterocycles. The highest BCUT2D eigenvalue weighted by molar-refractivity contribution is 5.65. The molecule has 2 aromatic rings. The highest BCUT2D eigenvalue weighted by Gasteiger charge is 2.19. The molecule has 2 aromatic carbocycles. The molecule has 0 aliphatic carbocycles. The summed E-state index contributed by atoms with van der Waals surface area (Å²) < 4.78 is 26.9. The van der Waals surface area contributed by atoms with Crippen molar-refractivity contribution in [3.05, 3.63) is 59.2 Å². The van der Waals surface area contributed by atoms with Gasteiger partial charge in [0.25, 0.3) is 0 Å². The number of benzene rings is 2. The normalized spacial score (nSPS) is 15.0. The molecule has 25 heavy (non-hydrogen) atoms. The molecule has 0 spiro atoms. The van der Waals surface area contributed by atoms with Crippen molar-refractivity contribution in [2.45, 2.75) is 25.5 Å². The Hall–Kier alpha value is -2.65. The van der Waals surface area contributed by atoms with Crippen molar-refractivity contribution in [2.24, 2.45) is 0 Å². The lowest BCUT2D eigenvalue weighted by Crippen LogP contribution is -2.36. The van der Waals surface area contributed by atoms with E-state index >= 15 is 0 Å². The molecule has 6 heteroatoms. The van der Waals surface area contributed by atoms with Crippen LogP contribution in [-0.2, 0) is 6.54 Å². The molecule has 0 aromatic heterocycles. The fourth-order valence-corrected chi connectivity index (χ4v) is 3.00. The van der Waals surface area contributed by atoms with Crippen LogP contribution < -0.4 is 10.2 Å². The number of nitrogens with one attached hydrogen (secondary N) is 1. The highest BCUT2D eigenvalue weighted by atomic mass is 19.2. The Labute approximate surface area is 145 Å². The number of halogens is 2. The van der Waals surface area contributed by atoms with Gasteiger partial charge in [0.05, 0.1) is 17.4 Å². The first kappa shape index (κ1) is 17.2. The molecule has 0 bridgehead atoms. The maximum absolute atomic E-state index is 13.7. The van der Waals surface area contributed by atoms with Crippen molar-refractivity contribution < 1.29 is 13.9 Å². The first-order valence-corrected chi connectivity index (χ1v) is 8.22. The van der Waals surface area contributed by atoms with E-state index < -0.39 is 11.6 Å². The molecule has 1 saturated heterocycles. The summed E-state index contributed by atoms with van der Waals surface area (Å²) in [6.45, 7) is 1.54. The van der Waals surface area contributed by atoms with E-state index in [1.54, 1.807) is 6.07 Å². The van der Waals surface area contributed by atoms with Gasteiger partial charge in [0.2, 0.25) is 0 Å². The van der Waals surface area contributed by atoms with E-state index in [9.17, 15) is 19.1 Å². The Morgan fingerprint density at radius 3 is 2.68 bits per heavy atom. The second kappa shape index (κ2) is 7.49. The number of nitrogens with zero attached hydrogens (tertiary/aromatic N) is 2. The van der Waals surface area contributed by atoms with Crippen molar-refractivity contribution in [3.8, 4) is 6.07 Å². The van der Waals surface area contributed by atoms with Crippen molar-refractivity contribution in [3.63, 3.8) is 0 Å². The Morgan fingerprint density at radius 2 is 1.96 bits per heavy atom. The zero-order valence-electron chi connectivity index (χ0n) is 13.7. The van der Waals surface area contributed by atoms with E-state index in [0.717, 1.165) is 11.8 Å². The molecule has 0 atom stereocenters. The van der Waals surface area contributed by atoms with Crippen molar-refractivity contribution in [1.82, 2.24) is 0 Å². The quantitative estimate of drug-likeness (QED) is 0.893. The zero-order valence-corrected chi connectivity index (χ0v) is 13.7. The average Bonchev–Trinajstić information content (AvgIpc) is 2.63. The van der Waals surface area contributed by atoms with Gasteiger partial charge in [-0.3, -0.25) is 0 Å². The van der Waals surface area contributed by atoms with Crippen LogP contribution in [-0.4, -0.2) is 24.3 Å². The van der Waals surface area contributed by atoms with Crippen LogP contribution in [0.3, 0.4) is 0 Å². The number of piperidine rings is 1. The van der Waals surface area contributed by atoms with Crippen LogP contribution in [0.4, 0.5) is 20.2 Å². The van der Waals surface area contributed by atoms with Gasteiger partial charge in [0.15, 0.2) is 11.6 Å². The maximum atomic E-state index is 13.7. The van der Waals surface area contributed by atoms with Gasteiger partial charge in [-0.05, 0) is 37.1 Å². The van der Waals surface area contributed by atoms with E-state index in [1.807, 2.05) is 12.1 Å². The molecule has 3 rings (SSSR count). The molecule has 1 aliphatic heterocycles. The Kier molecular flexibility index (Phi) is 5.15. The first-order valence-electron chi connectivity index (χ1n) is 8.22. The lowest BCUT2D eigenvalue weighted by Gasteiger charge is -2.32. The smallest absolute Gasteiger partial charge is 0.163 e. The Morgan fingerprint density at radius 1 is 1.20 bits per heavy atom. The van der Waals surface area contributed by atoms with Gasteiger partial charge in [-0.25, -0.2) is 8.78 Å². The van der Waals surface area contributed by atoms with Gasteiger partial charge in [0, 0.05) is 30.9 Å². The van der Waals surface area contributed by atoms with Crippen LogP contribution in [0.25, 0.3) is 0 Å². The van der Waals surface area contributed by atoms with Gasteiger partial charge in [-0.2, -0.15) is 5.26 Å². The van der Waals surface area contributed by atoms with E-state index in [1.165, 1.54) is 12.1 Å². The molecule has 0 radical (unpaired) electrons. The third kappa shape index (κ3) is 3.89. The topological polar surface area (TPSA) is 59.3 Å². The molecular formula is C19H19F2N3O. The SMILES string of the molecule is N#Cc1cc(NCc2cccc(F)c2F)ccc1N1CCC(O)CC1. The number of hydrogen-bond acceptors (Lipinski definition) is 4. The zero-order chi connectivity index (χ0) is 17.8. The largest absolute Gasteiger partial charge is 0.393 e. The van der Waals surface area contributed by atoms with E-state index in [0.29, 0.717) is 37.2 Å². The summed E-state index contributed by atoms with van der Waals surface area (Å²) in [5, 5.41) is 22.1. The van der Waals surface area contributed by atoms with Crippen molar-refractivity contribution >= 4 is 11.4 Å². The third-order valence-corrected chi connectivity index (χ3v) is 4.44. The van der Waals surface area contributed by atoms with E-state index in [-0.39, 0.29) is 18.2 Å². The fraction of sp³-hybridized carbons (Fsp3) is 0.316. The van der Waals surface area contributed by atoms with Gasteiger partial charge in [0.1, 0.15) is 6.07 Å². The molecule has 4 nitrogen and oxygen atoms in total. The number of aliphatic hydroxyl groups excluding tert-OH is 1. The monoisotopic (exact) mass is 343 g/mol. The number of nitriles is 1. The number of aliphatic hydroxyl groups is 1. The summed E-state index contributed by atoms with van der Waals surface area (Å²) in [4.78, 5) is 2.08.